The second-order valence-corrected chi connectivity index (χ2v) is 6.28. The first-order valence-corrected chi connectivity index (χ1v) is 7.67. The minimum atomic E-state index is -0.0489. The number of nitrogens with two attached hydrogens (primary N) is 1. The van der Waals surface area contributed by atoms with Gasteiger partial charge in [-0.3, -0.25) is 4.79 Å². The van der Waals surface area contributed by atoms with Gasteiger partial charge in [-0.2, -0.15) is 0 Å². The molecule has 0 bridgehead atoms. The Morgan fingerprint density at radius 1 is 1.35 bits per heavy atom. The smallest absolute Gasteiger partial charge is 0.224 e. The van der Waals surface area contributed by atoms with E-state index in [1.165, 1.54) is 11.1 Å². The predicted octanol–water partition coefficient (Wildman–Crippen LogP) is 2.28. The molecule has 0 fully saturated rings. The molecule has 1 amide bonds. The number of fused-ring (bicyclic) bond motifs is 1. The molecular weight excluding hydrogens is 248 g/mol. The fourth-order valence-corrected chi connectivity index (χ4v) is 3.02. The fourth-order valence-electron chi connectivity index (χ4n) is 3.02. The summed E-state index contributed by atoms with van der Waals surface area (Å²) in [6, 6.07) is 8.78. The van der Waals surface area contributed by atoms with Crippen molar-refractivity contribution in [1.29, 1.82) is 0 Å². The van der Waals surface area contributed by atoms with Crippen LogP contribution < -0.4 is 11.1 Å². The quantitative estimate of drug-likeness (QED) is 0.865. The Morgan fingerprint density at radius 3 is 2.70 bits per heavy atom. The summed E-state index contributed by atoms with van der Waals surface area (Å²) >= 11 is 0. The molecule has 3 nitrogen and oxygen atoms in total. The largest absolute Gasteiger partial charge is 0.353 e. The lowest BCUT2D eigenvalue weighted by Crippen LogP contribution is -2.44. The molecule has 1 aromatic rings. The van der Waals surface area contributed by atoms with Crippen LogP contribution in [0.4, 0.5) is 0 Å². The maximum Gasteiger partial charge on any atom is 0.224 e. The van der Waals surface area contributed by atoms with Crippen molar-refractivity contribution in [1.82, 2.24) is 5.32 Å². The molecule has 0 saturated heterocycles. The lowest BCUT2D eigenvalue weighted by Gasteiger charge is -2.27. The molecule has 1 aromatic carbocycles. The molecule has 20 heavy (non-hydrogen) atoms. The number of rotatable bonds is 5. The molecule has 3 N–H and O–H groups in total. The molecular formula is C17H26N2O. The number of carbonyl (C=O) groups excluding carboxylic acids is 1. The van der Waals surface area contributed by atoms with Crippen LogP contribution in [0.3, 0.4) is 0 Å². The molecule has 2 rings (SSSR count). The number of nitrogens with one attached hydrogen (secondary N) is 1. The SMILES string of the molecule is CC(C)CC(CN)C(=O)NC1CCc2ccccc2C1. The van der Waals surface area contributed by atoms with Gasteiger partial charge in [-0.15, -0.1) is 0 Å². The third-order valence-electron chi connectivity index (χ3n) is 4.10. The van der Waals surface area contributed by atoms with Gasteiger partial charge < -0.3 is 11.1 Å². The first-order chi connectivity index (χ1) is 9.60. The molecule has 3 heteroatoms. The Morgan fingerprint density at radius 2 is 2.05 bits per heavy atom. The van der Waals surface area contributed by atoms with Crippen molar-refractivity contribution in [2.24, 2.45) is 17.6 Å². The first kappa shape index (κ1) is 15.0. The zero-order valence-corrected chi connectivity index (χ0v) is 12.6. The van der Waals surface area contributed by atoms with Crippen LogP contribution in [0.5, 0.6) is 0 Å². The van der Waals surface area contributed by atoms with E-state index in [4.69, 9.17) is 5.73 Å². The van der Waals surface area contributed by atoms with Gasteiger partial charge in [0.1, 0.15) is 0 Å². The maximum absolute atomic E-state index is 12.3. The summed E-state index contributed by atoms with van der Waals surface area (Å²) in [7, 11) is 0. The molecule has 0 radical (unpaired) electrons. The molecule has 2 unspecified atom stereocenters. The lowest BCUT2D eigenvalue weighted by molar-refractivity contribution is -0.126. The van der Waals surface area contributed by atoms with Crippen molar-refractivity contribution in [3.05, 3.63) is 35.4 Å². The second kappa shape index (κ2) is 6.89. The second-order valence-electron chi connectivity index (χ2n) is 6.28. The summed E-state index contributed by atoms with van der Waals surface area (Å²) in [5, 5.41) is 3.20. The van der Waals surface area contributed by atoms with E-state index in [2.05, 4.69) is 43.4 Å². The van der Waals surface area contributed by atoms with Crippen LogP contribution >= 0.6 is 0 Å². The van der Waals surface area contributed by atoms with Gasteiger partial charge in [-0.05, 0) is 42.7 Å². The molecule has 1 aliphatic rings. The van der Waals surface area contributed by atoms with Gasteiger partial charge >= 0.3 is 0 Å². The van der Waals surface area contributed by atoms with Crippen molar-refractivity contribution in [3.63, 3.8) is 0 Å². The van der Waals surface area contributed by atoms with Crippen LogP contribution in [0, 0.1) is 11.8 Å². The summed E-state index contributed by atoms with van der Waals surface area (Å²) in [6.07, 6.45) is 3.90. The van der Waals surface area contributed by atoms with Crippen LogP contribution in [-0.4, -0.2) is 18.5 Å². The van der Waals surface area contributed by atoms with Gasteiger partial charge in [-0.25, -0.2) is 0 Å². The standard InChI is InChI=1S/C17H26N2O/c1-12(2)9-15(11-18)17(20)19-16-8-7-13-5-3-4-6-14(13)10-16/h3-6,12,15-16H,7-11,18H2,1-2H3,(H,19,20). The van der Waals surface area contributed by atoms with Gasteiger partial charge in [0.15, 0.2) is 0 Å². The predicted molar refractivity (Wildman–Crippen MR) is 82.4 cm³/mol. The molecule has 0 aliphatic heterocycles. The summed E-state index contributed by atoms with van der Waals surface area (Å²) in [5.74, 6) is 0.583. The third-order valence-corrected chi connectivity index (χ3v) is 4.10. The van der Waals surface area contributed by atoms with Crippen LogP contribution in [0.15, 0.2) is 24.3 Å². The normalized spacial score (nSPS) is 19.5. The number of hydrogen-bond acceptors (Lipinski definition) is 2. The van der Waals surface area contributed by atoms with E-state index < -0.39 is 0 Å². The van der Waals surface area contributed by atoms with Gasteiger partial charge in [0, 0.05) is 12.6 Å². The summed E-state index contributed by atoms with van der Waals surface area (Å²) < 4.78 is 0. The average molecular weight is 274 g/mol. The molecule has 0 heterocycles. The number of aryl methyl sites for hydroxylation is 1. The zero-order valence-electron chi connectivity index (χ0n) is 12.6. The topological polar surface area (TPSA) is 55.1 Å². The molecule has 0 spiro atoms. The summed E-state index contributed by atoms with van der Waals surface area (Å²) in [4.78, 5) is 12.3. The fraction of sp³-hybridized carbons (Fsp3) is 0.588. The first-order valence-electron chi connectivity index (χ1n) is 7.67. The van der Waals surface area contributed by atoms with Gasteiger partial charge in [-0.1, -0.05) is 38.1 Å². The van der Waals surface area contributed by atoms with Crippen molar-refractivity contribution < 1.29 is 4.79 Å². The highest BCUT2D eigenvalue weighted by Gasteiger charge is 2.24. The van der Waals surface area contributed by atoms with Crippen LogP contribution in [0.25, 0.3) is 0 Å². The van der Waals surface area contributed by atoms with Crippen molar-refractivity contribution in [3.8, 4) is 0 Å². The van der Waals surface area contributed by atoms with E-state index in [0.717, 1.165) is 25.7 Å². The van der Waals surface area contributed by atoms with Crippen LogP contribution in [-0.2, 0) is 17.6 Å². The molecule has 110 valence electrons. The molecule has 2 atom stereocenters. The number of hydrogen-bond donors (Lipinski definition) is 2. The Bertz CT molecular complexity index is 456. The van der Waals surface area contributed by atoms with Crippen molar-refractivity contribution in [2.75, 3.05) is 6.54 Å². The Hall–Kier alpha value is -1.35. The van der Waals surface area contributed by atoms with Gasteiger partial charge in [0.25, 0.3) is 0 Å². The molecule has 0 aromatic heterocycles. The van der Waals surface area contributed by atoms with E-state index in [-0.39, 0.29) is 17.9 Å². The molecule has 0 saturated carbocycles. The minimum absolute atomic E-state index is 0.0489. The highest BCUT2D eigenvalue weighted by atomic mass is 16.1. The van der Waals surface area contributed by atoms with Gasteiger partial charge in [0.05, 0.1) is 5.92 Å². The zero-order chi connectivity index (χ0) is 14.5. The third kappa shape index (κ3) is 3.83. The van der Waals surface area contributed by atoms with Crippen molar-refractivity contribution >= 4 is 5.91 Å². The van der Waals surface area contributed by atoms with Crippen molar-refractivity contribution in [2.45, 2.75) is 45.6 Å². The number of carbonyl (C=O) groups is 1. The van der Waals surface area contributed by atoms with E-state index >= 15 is 0 Å². The molecule has 1 aliphatic carbocycles. The number of amides is 1. The Kier molecular flexibility index (Phi) is 5.18. The van der Waals surface area contributed by atoms with Crippen LogP contribution in [0.1, 0.15) is 37.8 Å². The average Bonchev–Trinajstić information content (AvgIpc) is 2.44. The maximum atomic E-state index is 12.3. The van der Waals surface area contributed by atoms with E-state index in [1.807, 2.05) is 0 Å². The summed E-state index contributed by atoms with van der Waals surface area (Å²) in [5.41, 5.74) is 8.54. The van der Waals surface area contributed by atoms with E-state index in [9.17, 15) is 4.79 Å². The van der Waals surface area contributed by atoms with E-state index in [1.54, 1.807) is 0 Å². The minimum Gasteiger partial charge on any atom is -0.353 e. The van der Waals surface area contributed by atoms with Gasteiger partial charge in [0.2, 0.25) is 5.91 Å². The number of benzene rings is 1. The Labute approximate surface area is 121 Å². The highest BCUT2D eigenvalue weighted by molar-refractivity contribution is 5.79. The lowest BCUT2D eigenvalue weighted by atomic mass is 9.87. The van der Waals surface area contributed by atoms with Crippen LogP contribution in [0.2, 0.25) is 0 Å². The Balaban J connectivity index is 1.93. The monoisotopic (exact) mass is 274 g/mol. The highest BCUT2D eigenvalue weighted by Crippen LogP contribution is 2.21. The summed E-state index contributed by atoms with van der Waals surface area (Å²) in [6.45, 7) is 4.70. The van der Waals surface area contributed by atoms with E-state index in [0.29, 0.717) is 12.5 Å².